The molecule has 1 rings (SSSR count). The Morgan fingerprint density at radius 1 is 1.44 bits per heavy atom. The van der Waals surface area contributed by atoms with E-state index in [-0.39, 0.29) is 16.8 Å². The first-order valence-corrected chi connectivity index (χ1v) is 7.99. The molecule has 1 aromatic rings. The Kier molecular flexibility index (Phi) is 5.19. The Morgan fingerprint density at radius 2 is 2.06 bits per heavy atom. The van der Waals surface area contributed by atoms with Crippen molar-refractivity contribution in [1.82, 2.24) is 14.5 Å². The lowest BCUT2D eigenvalue weighted by Crippen LogP contribution is -2.38. The summed E-state index contributed by atoms with van der Waals surface area (Å²) in [5.41, 5.74) is 0.920. The molecule has 7 heteroatoms. The molecule has 1 N–H and O–H groups in total. The summed E-state index contributed by atoms with van der Waals surface area (Å²) in [7, 11) is -3.54. The molecule has 1 atom stereocenters. The molecule has 18 heavy (non-hydrogen) atoms. The van der Waals surface area contributed by atoms with Crippen molar-refractivity contribution in [1.29, 1.82) is 0 Å². The van der Waals surface area contributed by atoms with Crippen LogP contribution in [0.3, 0.4) is 0 Å². The van der Waals surface area contributed by atoms with Gasteiger partial charge in [-0.3, -0.25) is 5.10 Å². The highest BCUT2D eigenvalue weighted by Crippen LogP contribution is 2.25. The number of nitrogens with one attached hydrogen (secondary N) is 1. The number of nitrogens with zero attached hydrogens (tertiary/aromatic N) is 2. The minimum Gasteiger partial charge on any atom is -0.281 e. The van der Waals surface area contributed by atoms with Crippen LogP contribution in [0, 0.1) is 6.92 Å². The first-order chi connectivity index (χ1) is 8.39. The molecule has 0 aromatic carbocycles. The standard InChI is InChI=1S/C11H20ClN3O2S/c1-5-8(3)15(6-2)18(16,17)11-9(4)13-14-10(11)7-12/h8H,5-7H2,1-4H3,(H,13,14). The lowest BCUT2D eigenvalue weighted by Gasteiger charge is -2.26. The molecule has 0 aliphatic heterocycles. The molecule has 1 unspecified atom stereocenters. The summed E-state index contributed by atoms with van der Waals surface area (Å²) in [6.45, 7) is 7.83. The van der Waals surface area contributed by atoms with E-state index in [1.54, 1.807) is 6.92 Å². The van der Waals surface area contributed by atoms with Crippen molar-refractivity contribution in [2.24, 2.45) is 0 Å². The average Bonchev–Trinajstić information content (AvgIpc) is 2.71. The van der Waals surface area contributed by atoms with Crippen molar-refractivity contribution in [2.75, 3.05) is 6.54 Å². The van der Waals surface area contributed by atoms with Crippen LogP contribution >= 0.6 is 11.6 Å². The quantitative estimate of drug-likeness (QED) is 0.818. The van der Waals surface area contributed by atoms with Gasteiger partial charge in [0.25, 0.3) is 0 Å². The molecular weight excluding hydrogens is 274 g/mol. The number of sulfonamides is 1. The lowest BCUT2D eigenvalue weighted by molar-refractivity contribution is 0.342. The van der Waals surface area contributed by atoms with Crippen LogP contribution in [0.1, 0.15) is 38.6 Å². The van der Waals surface area contributed by atoms with Crippen LogP contribution in [0.4, 0.5) is 0 Å². The van der Waals surface area contributed by atoms with Gasteiger partial charge in [0, 0.05) is 12.6 Å². The van der Waals surface area contributed by atoms with Crippen LogP contribution in [0.15, 0.2) is 4.90 Å². The Balaban J connectivity index is 3.31. The van der Waals surface area contributed by atoms with Crippen molar-refractivity contribution in [2.45, 2.75) is 50.9 Å². The van der Waals surface area contributed by atoms with Crippen molar-refractivity contribution in [3.63, 3.8) is 0 Å². The fourth-order valence-corrected chi connectivity index (χ4v) is 4.26. The van der Waals surface area contributed by atoms with Gasteiger partial charge in [-0.2, -0.15) is 9.40 Å². The molecule has 0 radical (unpaired) electrons. The van der Waals surface area contributed by atoms with Gasteiger partial charge in [-0.05, 0) is 20.3 Å². The van der Waals surface area contributed by atoms with Gasteiger partial charge in [0.05, 0.1) is 17.3 Å². The number of aromatic nitrogens is 2. The van der Waals surface area contributed by atoms with Crippen molar-refractivity contribution in [3.05, 3.63) is 11.4 Å². The molecule has 0 saturated heterocycles. The van der Waals surface area contributed by atoms with Gasteiger partial charge in [0.15, 0.2) is 0 Å². The van der Waals surface area contributed by atoms with Gasteiger partial charge >= 0.3 is 0 Å². The summed E-state index contributed by atoms with van der Waals surface area (Å²) in [6.07, 6.45) is 0.764. The number of halogens is 1. The topological polar surface area (TPSA) is 66.1 Å². The van der Waals surface area contributed by atoms with Crippen LogP contribution in [0.5, 0.6) is 0 Å². The van der Waals surface area contributed by atoms with E-state index in [4.69, 9.17) is 11.6 Å². The van der Waals surface area contributed by atoms with Crippen molar-refractivity contribution in [3.8, 4) is 0 Å². The van der Waals surface area contributed by atoms with Gasteiger partial charge in [0.1, 0.15) is 4.90 Å². The monoisotopic (exact) mass is 293 g/mol. The Morgan fingerprint density at radius 3 is 2.50 bits per heavy atom. The molecule has 0 fully saturated rings. The number of aromatic amines is 1. The van der Waals surface area contributed by atoms with Crippen LogP contribution in [-0.2, 0) is 15.9 Å². The van der Waals surface area contributed by atoms with E-state index in [1.165, 1.54) is 4.31 Å². The summed E-state index contributed by atoms with van der Waals surface area (Å²) in [4.78, 5) is 0.222. The maximum absolute atomic E-state index is 12.6. The molecular formula is C11H20ClN3O2S. The summed E-state index contributed by atoms with van der Waals surface area (Å²) in [5.74, 6) is 0.0803. The molecule has 0 saturated carbocycles. The lowest BCUT2D eigenvalue weighted by atomic mass is 10.3. The van der Waals surface area contributed by atoms with Crippen molar-refractivity contribution >= 4 is 21.6 Å². The summed E-state index contributed by atoms with van der Waals surface area (Å²) < 4.78 is 26.8. The zero-order chi connectivity index (χ0) is 13.9. The highest BCUT2D eigenvalue weighted by Gasteiger charge is 2.32. The predicted octanol–water partition coefficient (Wildman–Crippen LogP) is 2.27. The van der Waals surface area contributed by atoms with Crippen LogP contribution in [0.25, 0.3) is 0 Å². The van der Waals surface area contributed by atoms with Gasteiger partial charge < -0.3 is 0 Å². The minimum absolute atomic E-state index is 0.0440. The summed E-state index contributed by atoms with van der Waals surface area (Å²) in [5, 5.41) is 6.63. The Bertz CT molecular complexity index is 498. The zero-order valence-electron chi connectivity index (χ0n) is 11.2. The second-order valence-electron chi connectivity index (χ2n) is 4.22. The normalized spacial score (nSPS) is 14.1. The number of H-pyrrole nitrogens is 1. The van der Waals surface area contributed by atoms with Crippen LogP contribution in [-0.4, -0.2) is 35.5 Å². The minimum atomic E-state index is -3.54. The van der Waals surface area contributed by atoms with E-state index in [0.717, 1.165) is 6.42 Å². The van der Waals surface area contributed by atoms with E-state index in [2.05, 4.69) is 10.2 Å². The smallest absolute Gasteiger partial charge is 0.247 e. The molecule has 1 aromatic heterocycles. The number of hydrogen-bond acceptors (Lipinski definition) is 3. The molecule has 0 amide bonds. The number of hydrogen-bond donors (Lipinski definition) is 1. The second kappa shape index (κ2) is 6.04. The van der Waals surface area contributed by atoms with Gasteiger partial charge in [0.2, 0.25) is 10.0 Å². The Labute approximate surface area is 114 Å². The van der Waals surface area contributed by atoms with E-state index < -0.39 is 10.0 Å². The van der Waals surface area contributed by atoms with Gasteiger partial charge in [-0.1, -0.05) is 13.8 Å². The number of alkyl halides is 1. The first kappa shape index (κ1) is 15.5. The third kappa shape index (κ3) is 2.70. The molecule has 0 aliphatic carbocycles. The van der Waals surface area contributed by atoms with E-state index in [9.17, 15) is 8.42 Å². The van der Waals surface area contributed by atoms with Crippen LogP contribution < -0.4 is 0 Å². The third-order valence-corrected chi connectivity index (χ3v) is 5.60. The molecule has 0 spiro atoms. The largest absolute Gasteiger partial charge is 0.281 e. The SMILES string of the molecule is CCC(C)N(CC)S(=O)(=O)c1c(CCl)n[nH]c1C. The van der Waals surface area contributed by atoms with E-state index >= 15 is 0 Å². The maximum Gasteiger partial charge on any atom is 0.247 e. The zero-order valence-corrected chi connectivity index (χ0v) is 12.8. The molecule has 104 valence electrons. The molecule has 0 aliphatic rings. The first-order valence-electron chi connectivity index (χ1n) is 6.01. The number of rotatable bonds is 6. The molecule has 5 nitrogen and oxygen atoms in total. The van der Waals surface area contributed by atoms with Gasteiger partial charge in [-0.15, -0.1) is 11.6 Å². The second-order valence-corrected chi connectivity index (χ2v) is 6.32. The van der Waals surface area contributed by atoms with Crippen molar-refractivity contribution < 1.29 is 8.42 Å². The predicted molar refractivity (Wildman–Crippen MR) is 72.2 cm³/mol. The highest BCUT2D eigenvalue weighted by molar-refractivity contribution is 7.89. The summed E-state index contributed by atoms with van der Waals surface area (Å²) >= 11 is 5.75. The molecule has 1 heterocycles. The third-order valence-electron chi connectivity index (χ3n) is 3.05. The molecule has 0 bridgehead atoms. The van der Waals surface area contributed by atoms with Gasteiger partial charge in [-0.25, -0.2) is 8.42 Å². The summed E-state index contributed by atoms with van der Waals surface area (Å²) in [6, 6.07) is -0.0440. The Hall–Kier alpha value is -0.590. The van der Waals surface area contributed by atoms with Crippen LogP contribution in [0.2, 0.25) is 0 Å². The average molecular weight is 294 g/mol. The van der Waals surface area contributed by atoms with E-state index in [1.807, 2.05) is 20.8 Å². The highest BCUT2D eigenvalue weighted by atomic mass is 35.5. The fraction of sp³-hybridized carbons (Fsp3) is 0.727. The maximum atomic E-state index is 12.6. The fourth-order valence-electron chi connectivity index (χ4n) is 1.94. The van der Waals surface area contributed by atoms with E-state index in [0.29, 0.717) is 17.9 Å². The number of aryl methyl sites for hydroxylation is 1.